The number of aliphatic hydroxyl groups excluding tert-OH is 3. The van der Waals surface area contributed by atoms with Crippen LogP contribution in [0.1, 0.15) is 0 Å². The van der Waals surface area contributed by atoms with E-state index in [2.05, 4.69) is 9.26 Å². The lowest BCUT2D eigenvalue weighted by molar-refractivity contribution is -0.206. The Morgan fingerprint density at radius 3 is 2.31 bits per heavy atom. The molecule has 0 spiro atoms. The lowest BCUT2D eigenvalue weighted by atomic mass is 11.0. The monoisotopic (exact) mass is 264 g/mol. The van der Waals surface area contributed by atoms with E-state index in [1.807, 2.05) is 0 Å². The fourth-order valence-electron chi connectivity index (χ4n) is 1.14. The van der Waals surface area contributed by atoms with Crippen molar-refractivity contribution in [3.8, 4) is 0 Å². The predicted molar refractivity (Wildman–Crippen MR) is 45.9 cm³/mol. The maximum atomic E-state index is 10.9. The number of ether oxygens (including phenoxy) is 1. The second-order valence-corrected chi connectivity index (χ2v) is 4.43. The van der Waals surface area contributed by atoms with E-state index in [1.165, 1.54) is 0 Å². The molecular formula is C6H11O9P. The summed E-state index contributed by atoms with van der Waals surface area (Å²) >= 11 is 0. The van der Waals surface area contributed by atoms with Crippen LogP contribution in [0.15, 0.2) is 0 Å². The predicted octanol–water partition coefficient (Wildman–Crippen LogP) is -2.90. The topological polar surface area (TPSA) is 154 Å². The molecule has 1 saturated heterocycles. The van der Waals surface area contributed by atoms with E-state index in [1.54, 1.807) is 0 Å². The summed E-state index contributed by atoms with van der Waals surface area (Å²) in [7, 11) is -4.76. The number of phosphoric acid groups is 1. The number of rotatable bonds is 3. The highest BCUT2D eigenvalue weighted by Crippen LogP contribution is 2.36. The van der Waals surface area contributed by atoms with Crippen molar-refractivity contribution in [3.05, 3.63) is 0 Å². The largest absolute Gasteiger partial charge is 0.469 e. The second-order valence-electron chi connectivity index (χ2n) is 3.19. The molecule has 16 heavy (non-hydrogen) atoms. The highest BCUT2D eigenvalue weighted by Gasteiger charge is 2.44. The van der Waals surface area contributed by atoms with Crippen LogP contribution >= 0.6 is 7.82 Å². The Morgan fingerprint density at radius 1 is 1.25 bits per heavy atom. The van der Waals surface area contributed by atoms with Gasteiger partial charge in [-0.25, -0.2) is 9.36 Å². The Bertz CT molecular complexity index is 311. The van der Waals surface area contributed by atoms with Crippen LogP contribution in [-0.2, 0) is 18.6 Å². The van der Waals surface area contributed by atoms with Gasteiger partial charge in [0.25, 0.3) is 0 Å². The maximum Gasteiger partial charge on any atom is 0.469 e. The van der Waals surface area contributed by atoms with Crippen LogP contribution in [0.2, 0.25) is 0 Å². The zero-order chi connectivity index (χ0) is 12.5. The Hall–Kier alpha value is -0.540. The smallest absolute Gasteiger partial charge is 0.455 e. The first-order valence-corrected chi connectivity index (χ1v) is 5.70. The molecule has 0 aromatic rings. The third-order valence-electron chi connectivity index (χ3n) is 1.97. The minimum atomic E-state index is -4.76. The summed E-state index contributed by atoms with van der Waals surface area (Å²) in [4.78, 5) is 27.6. The van der Waals surface area contributed by atoms with Gasteiger partial charge in [-0.2, -0.15) is 0 Å². The van der Waals surface area contributed by atoms with Gasteiger partial charge in [0.1, 0.15) is 12.2 Å². The number of phosphoric ester groups is 1. The molecule has 0 aromatic carbocycles. The number of esters is 1. The highest BCUT2D eigenvalue weighted by molar-refractivity contribution is 7.46. The fourth-order valence-corrected chi connectivity index (χ4v) is 1.48. The van der Waals surface area contributed by atoms with E-state index >= 15 is 0 Å². The minimum absolute atomic E-state index is 0.791. The van der Waals surface area contributed by atoms with Crippen LogP contribution < -0.4 is 0 Å². The van der Waals surface area contributed by atoms with Gasteiger partial charge in [-0.3, -0.25) is 4.52 Å². The van der Waals surface area contributed by atoms with E-state index in [-0.39, 0.29) is 0 Å². The van der Waals surface area contributed by atoms with Crippen LogP contribution in [0.5, 0.6) is 0 Å². The van der Waals surface area contributed by atoms with Crippen molar-refractivity contribution in [3.63, 3.8) is 0 Å². The lowest BCUT2D eigenvalue weighted by Gasteiger charge is -2.33. The molecule has 1 rings (SSSR count). The third-order valence-corrected chi connectivity index (χ3v) is 2.46. The summed E-state index contributed by atoms with van der Waals surface area (Å²) in [5.74, 6) is -1.20. The van der Waals surface area contributed by atoms with E-state index < -0.39 is 44.8 Å². The molecule has 0 aliphatic carbocycles. The van der Waals surface area contributed by atoms with Crippen LogP contribution in [0.25, 0.3) is 0 Å². The molecule has 1 fully saturated rings. The lowest BCUT2D eigenvalue weighted by Crippen LogP contribution is -2.56. The Labute approximate surface area is 89.5 Å². The quantitative estimate of drug-likeness (QED) is 0.205. The van der Waals surface area contributed by atoms with E-state index in [4.69, 9.17) is 20.0 Å². The van der Waals surface area contributed by atoms with E-state index in [0.29, 0.717) is 0 Å². The average Bonchev–Trinajstić information content (AvgIpc) is 2.17. The van der Waals surface area contributed by atoms with E-state index in [9.17, 15) is 14.5 Å². The van der Waals surface area contributed by atoms with Gasteiger partial charge in [-0.15, -0.1) is 0 Å². The van der Waals surface area contributed by atoms with Gasteiger partial charge in [-0.05, 0) is 0 Å². The first-order chi connectivity index (χ1) is 7.22. The van der Waals surface area contributed by atoms with Crippen LogP contribution in [0, 0.1) is 0 Å². The van der Waals surface area contributed by atoms with Crippen LogP contribution in [0.3, 0.4) is 0 Å². The third kappa shape index (κ3) is 3.22. The number of hydrogen-bond acceptors (Lipinski definition) is 7. The number of cyclic esters (lactones) is 1. The summed E-state index contributed by atoms with van der Waals surface area (Å²) in [6, 6.07) is 0. The summed E-state index contributed by atoms with van der Waals surface area (Å²) in [5, 5.41) is 27.5. The Kier molecular flexibility index (Phi) is 4.02. The van der Waals surface area contributed by atoms with Gasteiger partial charge in [0, 0.05) is 0 Å². The molecule has 10 heteroatoms. The summed E-state index contributed by atoms with van der Waals surface area (Å²) in [5.41, 5.74) is 0. The zero-order valence-corrected chi connectivity index (χ0v) is 8.73. The highest BCUT2D eigenvalue weighted by atomic mass is 31.2. The van der Waals surface area contributed by atoms with Gasteiger partial charge in [0.2, 0.25) is 0 Å². The first kappa shape index (κ1) is 13.5. The van der Waals surface area contributed by atoms with Crippen molar-refractivity contribution in [1.29, 1.82) is 0 Å². The molecule has 1 heterocycles. The fraction of sp³-hybridized carbons (Fsp3) is 0.833. The van der Waals surface area contributed by atoms with Gasteiger partial charge in [0.15, 0.2) is 12.2 Å². The van der Waals surface area contributed by atoms with Gasteiger partial charge in [0.05, 0.1) is 6.61 Å². The van der Waals surface area contributed by atoms with Crippen molar-refractivity contribution in [2.24, 2.45) is 0 Å². The molecule has 0 saturated carbocycles. The summed E-state index contributed by atoms with van der Waals surface area (Å²) < 4.78 is 18.8. The molecular weight excluding hydrogens is 253 g/mol. The summed E-state index contributed by atoms with van der Waals surface area (Å²) in [6.45, 7) is -0.791. The van der Waals surface area contributed by atoms with Crippen LogP contribution in [0.4, 0.5) is 0 Å². The molecule has 0 aromatic heterocycles. The first-order valence-electron chi connectivity index (χ1n) is 4.17. The van der Waals surface area contributed by atoms with Crippen molar-refractivity contribution in [1.82, 2.24) is 0 Å². The number of aliphatic hydroxyl groups is 3. The van der Waals surface area contributed by atoms with Crippen molar-refractivity contribution in [2.45, 2.75) is 24.4 Å². The maximum absolute atomic E-state index is 10.9. The Morgan fingerprint density at radius 2 is 1.81 bits per heavy atom. The molecule has 1 aliphatic heterocycles. The molecule has 1 aliphatic rings. The minimum Gasteiger partial charge on any atom is -0.455 e. The van der Waals surface area contributed by atoms with Gasteiger partial charge < -0.3 is 29.8 Å². The molecule has 9 nitrogen and oxygen atoms in total. The Balaban J connectivity index is 2.61. The molecule has 0 unspecified atom stereocenters. The molecule has 94 valence electrons. The molecule has 0 radical (unpaired) electrons. The second kappa shape index (κ2) is 4.76. The number of carbonyl (C=O) groups is 1. The zero-order valence-electron chi connectivity index (χ0n) is 7.83. The SMILES string of the molecule is O=[13C]1O[13C@H]([13CH2]OP(=O)(O)O)[13C@@H](O)[13C@H](O)[13C@H]1O. The van der Waals surface area contributed by atoms with Crippen molar-refractivity contribution < 1.29 is 43.7 Å². The molecule has 0 amide bonds. The van der Waals surface area contributed by atoms with E-state index in [0.717, 1.165) is 0 Å². The normalized spacial score (nSPS) is 35.9. The molecule has 0 bridgehead atoms. The van der Waals surface area contributed by atoms with Gasteiger partial charge >= 0.3 is 13.8 Å². The number of hydrogen-bond donors (Lipinski definition) is 5. The number of carbonyl (C=O) groups excluding carboxylic acids is 1. The molecule has 4 atom stereocenters. The van der Waals surface area contributed by atoms with Crippen LogP contribution in [-0.4, -0.2) is 62.1 Å². The average molecular weight is 264 g/mol. The molecule has 5 N–H and O–H groups in total. The van der Waals surface area contributed by atoms with Crippen molar-refractivity contribution >= 4 is 13.8 Å². The standard InChI is InChI=1S/C6H11O9P/c7-3-2(1-14-16(11,12)13)15-6(10)5(9)4(3)8/h2-5,7-9H,1H2,(H2,11,12,13)/t2-,3-,4+,5-/m1/s1/i1+1,2+1,3+1,4+1,5+1,6+1. The van der Waals surface area contributed by atoms with Gasteiger partial charge in [-0.1, -0.05) is 0 Å². The summed E-state index contributed by atoms with van der Waals surface area (Å²) in [6.07, 6.45) is -6.80. The van der Waals surface area contributed by atoms with Crippen molar-refractivity contribution in [2.75, 3.05) is 6.61 Å².